The van der Waals surface area contributed by atoms with Crippen molar-refractivity contribution in [3.05, 3.63) is 24.3 Å². The van der Waals surface area contributed by atoms with E-state index in [1.165, 1.54) is 11.0 Å². The smallest absolute Gasteiger partial charge is 0.356 e. The zero-order chi connectivity index (χ0) is 11.7. The number of fused-ring (bicyclic) bond motifs is 2. The van der Waals surface area contributed by atoms with Gasteiger partial charge in [0.15, 0.2) is 0 Å². The number of aromatic nitrogens is 1. The fourth-order valence-corrected chi connectivity index (χ4v) is 0.804. The van der Waals surface area contributed by atoms with Gasteiger partial charge >= 0.3 is 15.6 Å². The van der Waals surface area contributed by atoms with Gasteiger partial charge in [-0.2, -0.15) is 21.6 Å². The number of hydrogen-bond acceptors (Lipinski definition) is 2. The van der Waals surface area contributed by atoms with E-state index in [0.717, 1.165) is 0 Å². The molecular formula is C7H6F3NO3S. The molecule has 2 N–H and O–H groups in total. The number of nitrogens with one attached hydrogen (secondary N) is 1. The van der Waals surface area contributed by atoms with Crippen LogP contribution in [0, 0.1) is 0 Å². The van der Waals surface area contributed by atoms with Crippen LogP contribution in [0.15, 0.2) is 24.3 Å². The number of hydrogen-bond donors (Lipinski definition) is 2. The molecule has 0 atom stereocenters. The van der Waals surface area contributed by atoms with E-state index in [1.807, 2.05) is 0 Å². The van der Waals surface area contributed by atoms with E-state index in [4.69, 9.17) is 13.0 Å². The molecular weight excluding hydrogens is 235 g/mol. The third kappa shape index (κ3) is 3.10. The monoisotopic (exact) mass is 241 g/mol. The molecule has 0 radical (unpaired) electrons. The molecule has 2 bridgehead atoms. The van der Waals surface area contributed by atoms with Crippen LogP contribution in [0.1, 0.15) is 0 Å². The van der Waals surface area contributed by atoms with Gasteiger partial charge in [0.1, 0.15) is 0 Å². The normalized spacial score (nSPS) is 12.5. The summed E-state index contributed by atoms with van der Waals surface area (Å²) in [5, 5.41) is 0. The average Bonchev–Trinajstić information content (AvgIpc) is 2.62. The molecule has 84 valence electrons. The Morgan fingerprint density at radius 3 is 1.40 bits per heavy atom. The molecule has 2 aromatic rings. The van der Waals surface area contributed by atoms with Gasteiger partial charge in [0.2, 0.25) is 0 Å². The third-order valence-electron chi connectivity index (χ3n) is 1.47. The van der Waals surface area contributed by atoms with Crippen LogP contribution in [0.2, 0.25) is 0 Å². The van der Waals surface area contributed by atoms with E-state index >= 15 is 0 Å². The summed E-state index contributed by atoms with van der Waals surface area (Å²) in [6.07, 6.45) is 0. The molecule has 0 unspecified atom stereocenters. The fourth-order valence-electron chi connectivity index (χ4n) is 0.804. The highest BCUT2D eigenvalue weighted by atomic mass is 32.2. The molecule has 0 aromatic carbocycles. The Labute approximate surface area is 82.8 Å². The standard InChI is InChI=1S/C6H5N.CHF3O3S/c1-2-6-4-3-5(1)7-6;2-1(3,4)8(5,6)7/h1-4,7H;(H,5,6,7). The first-order valence-electron chi connectivity index (χ1n) is 3.61. The van der Waals surface area contributed by atoms with Crippen molar-refractivity contribution in [1.29, 1.82) is 0 Å². The molecule has 15 heavy (non-hydrogen) atoms. The molecule has 8 heteroatoms. The maximum absolute atomic E-state index is 10.7. The third-order valence-corrected chi connectivity index (χ3v) is 2.05. The molecule has 2 heterocycles. The number of halogens is 3. The summed E-state index contributed by atoms with van der Waals surface area (Å²) >= 11 is 0. The molecule has 0 saturated carbocycles. The highest BCUT2D eigenvalue weighted by molar-refractivity contribution is 7.86. The van der Waals surface area contributed by atoms with E-state index in [1.54, 1.807) is 0 Å². The second-order valence-corrected chi connectivity index (χ2v) is 4.04. The predicted octanol–water partition coefficient (Wildman–Crippen LogP) is 2.00. The van der Waals surface area contributed by atoms with Gasteiger partial charge in [-0.15, -0.1) is 0 Å². The Balaban J connectivity index is 0.000000150. The highest BCUT2D eigenvalue weighted by Gasteiger charge is 2.44. The zero-order valence-corrected chi connectivity index (χ0v) is 7.93. The lowest BCUT2D eigenvalue weighted by Gasteiger charge is -1.97. The van der Waals surface area contributed by atoms with Crippen LogP contribution in [-0.4, -0.2) is 23.5 Å². The molecule has 4 nitrogen and oxygen atoms in total. The first-order chi connectivity index (χ1) is 6.70. The average molecular weight is 241 g/mol. The molecule has 0 fully saturated rings. The van der Waals surface area contributed by atoms with E-state index in [-0.39, 0.29) is 0 Å². The fraction of sp³-hybridized carbons (Fsp3) is 0.143. The van der Waals surface area contributed by atoms with Gasteiger partial charge in [0.05, 0.1) is 0 Å². The lowest BCUT2D eigenvalue weighted by Crippen LogP contribution is -2.21. The molecule has 0 saturated heterocycles. The minimum absolute atomic E-state index is 1.22. The van der Waals surface area contributed by atoms with Gasteiger partial charge in [0.25, 0.3) is 0 Å². The van der Waals surface area contributed by atoms with Gasteiger partial charge in [0, 0.05) is 11.0 Å². The van der Waals surface area contributed by atoms with Crippen molar-refractivity contribution >= 4 is 21.2 Å². The molecule has 0 amide bonds. The van der Waals surface area contributed by atoms with E-state index in [9.17, 15) is 13.2 Å². The summed E-state index contributed by atoms with van der Waals surface area (Å²) in [5.74, 6) is 0. The Hall–Kier alpha value is -1.28. The van der Waals surface area contributed by atoms with Crippen LogP contribution < -0.4 is 0 Å². The summed E-state index contributed by atoms with van der Waals surface area (Å²) < 4.78 is 57.5. The van der Waals surface area contributed by atoms with Crippen molar-refractivity contribution in [3.8, 4) is 0 Å². The van der Waals surface area contributed by atoms with Crippen molar-refractivity contribution in [3.63, 3.8) is 0 Å². The summed E-state index contributed by atoms with van der Waals surface area (Å²) in [6, 6.07) is 8.26. The summed E-state index contributed by atoms with van der Waals surface area (Å²) in [7, 11) is -5.84. The second-order valence-electron chi connectivity index (χ2n) is 2.62. The van der Waals surface area contributed by atoms with E-state index in [2.05, 4.69) is 29.2 Å². The zero-order valence-electron chi connectivity index (χ0n) is 7.12. The minimum atomic E-state index is -5.84. The minimum Gasteiger partial charge on any atom is -0.356 e. The Bertz CT molecular complexity index is 471. The maximum Gasteiger partial charge on any atom is 0.522 e. The summed E-state index contributed by atoms with van der Waals surface area (Å²) in [4.78, 5) is 3.14. The lowest BCUT2D eigenvalue weighted by molar-refractivity contribution is -0.0510. The van der Waals surface area contributed by atoms with Crippen LogP contribution >= 0.6 is 0 Å². The first-order valence-corrected chi connectivity index (χ1v) is 5.05. The topological polar surface area (TPSA) is 70.2 Å². The largest absolute Gasteiger partial charge is 0.522 e. The first kappa shape index (κ1) is 11.8. The second kappa shape index (κ2) is 3.70. The van der Waals surface area contributed by atoms with Crippen molar-refractivity contribution in [2.45, 2.75) is 5.51 Å². The molecule has 2 rings (SSSR count). The maximum atomic E-state index is 10.7. The van der Waals surface area contributed by atoms with Crippen LogP contribution in [0.4, 0.5) is 13.2 Å². The number of H-pyrrole nitrogens is 1. The quantitative estimate of drug-likeness (QED) is 0.547. The van der Waals surface area contributed by atoms with Crippen LogP contribution in [0.25, 0.3) is 11.0 Å². The van der Waals surface area contributed by atoms with Gasteiger partial charge in [-0.05, 0) is 24.3 Å². The van der Waals surface area contributed by atoms with Gasteiger partial charge in [-0.25, -0.2) is 0 Å². The van der Waals surface area contributed by atoms with Crippen LogP contribution in [0.5, 0.6) is 0 Å². The van der Waals surface area contributed by atoms with Crippen LogP contribution in [0.3, 0.4) is 0 Å². The van der Waals surface area contributed by atoms with E-state index in [0.29, 0.717) is 0 Å². The summed E-state index contributed by atoms with van der Waals surface area (Å²) in [6.45, 7) is 0. The van der Waals surface area contributed by atoms with Crippen molar-refractivity contribution in [2.75, 3.05) is 0 Å². The van der Waals surface area contributed by atoms with Crippen LogP contribution in [-0.2, 0) is 10.1 Å². The molecule has 0 aliphatic heterocycles. The Morgan fingerprint density at radius 2 is 1.33 bits per heavy atom. The number of alkyl halides is 3. The number of rotatable bonds is 0. The number of aromatic amines is 1. The van der Waals surface area contributed by atoms with Crippen molar-refractivity contribution in [1.82, 2.24) is 4.98 Å². The van der Waals surface area contributed by atoms with Gasteiger partial charge in [-0.3, -0.25) is 4.55 Å². The van der Waals surface area contributed by atoms with E-state index < -0.39 is 15.6 Å². The Kier molecular flexibility index (Phi) is 2.91. The molecule has 0 aliphatic carbocycles. The Morgan fingerprint density at radius 1 is 1.07 bits per heavy atom. The van der Waals surface area contributed by atoms with Crippen molar-refractivity contribution < 1.29 is 26.1 Å². The molecule has 2 aromatic heterocycles. The predicted molar refractivity (Wildman–Crippen MR) is 47.1 cm³/mol. The molecule has 0 spiro atoms. The molecule has 0 aliphatic rings. The lowest BCUT2D eigenvalue weighted by atomic mass is 10.4. The van der Waals surface area contributed by atoms with Gasteiger partial charge < -0.3 is 4.98 Å². The van der Waals surface area contributed by atoms with Crippen molar-refractivity contribution in [2.24, 2.45) is 0 Å². The number of benzene rings is 1. The highest BCUT2D eigenvalue weighted by Crippen LogP contribution is 2.20. The summed E-state index contributed by atoms with van der Waals surface area (Å²) in [5.41, 5.74) is -3.10. The SMILES string of the molecule is O=S(=O)(O)C(F)(F)F.c1cc2ccc1[nH]2. The van der Waals surface area contributed by atoms with Gasteiger partial charge in [-0.1, -0.05) is 0 Å².